The summed E-state index contributed by atoms with van der Waals surface area (Å²) in [6.45, 7) is 6.10. The molecular weight excluding hydrogens is 350 g/mol. The van der Waals surface area contributed by atoms with Gasteiger partial charge in [0.05, 0.1) is 6.61 Å². The Kier molecular flexibility index (Phi) is 6.98. The molecule has 1 aromatic carbocycles. The summed E-state index contributed by atoms with van der Waals surface area (Å²) in [5.41, 5.74) is 0.960. The Labute approximate surface area is 157 Å². The highest BCUT2D eigenvalue weighted by atomic mass is 32.1. The highest BCUT2D eigenvalue weighted by molar-refractivity contribution is 7.17. The van der Waals surface area contributed by atoms with E-state index >= 15 is 0 Å². The molecule has 0 aliphatic rings. The molecule has 2 rings (SSSR count). The third-order valence-electron chi connectivity index (χ3n) is 3.83. The van der Waals surface area contributed by atoms with E-state index in [9.17, 15) is 9.59 Å². The normalized spacial score (nSPS) is 11.8. The Morgan fingerprint density at radius 1 is 1.35 bits per heavy atom. The van der Waals surface area contributed by atoms with Crippen molar-refractivity contribution in [3.05, 3.63) is 35.2 Å². The molecule has 0 aliphatic heterocycles. The van der Waals surface area contributed by atoms with Crippen LogP contribution in [-0.4, -0.2) is 36.1 Å². The highest BCUT2D eigenvalue weighted by Crippen LogP contribution is 2.26. The first-order chi connectivity index (χ1) is 12.5. The molecule has 2 amide bonds. The molecule has 2 aromatic rings. The number of ether oxygens (including phenoxy) is 1. The zero-order chi connectivity index (χ0) is 19.1. The van der Waals surface area contributed by atoms with Crippen LogP contribution in [0.4, 0.5) is 4.79 Å². The van der Waals surface area contributed by atoms with E-state index in [2.05, 4.69) is 5.32 Å². The van der Waals surface area contributed by atoms with Gasteiger partial charge in [-0.2, -0.15) is 5.26 Å². The van der Waals surface area contributed by atoms with Gasteiger partial charge in [-0.1, -0.05) is 32.0 Å². The van der Waals surface area contributed by atoms with Gasteiger partial charge >= 0.3 is 6.09 Å². The van der Waals surface area contributed by atoms with Gasteiger partial charge in [0, 0.05) is 17.7 Å². The smallest absolute Gasteiger partial charge is 0.407 e. The average molecular weight is 373 g/mol. The fourth-order valence-corrected chi connectivity index (χ4v) is 3.48. The van der Waals surface area contributed by atoms with Crippen LogP contribution in [0.3, 0.4) is 0 Å². The van der Waals surface area contributed by atoms with Crippen molar-refractivity contribution >= 4 is 33.4 Å². The van der Waals surface area contributed by atoms with Gasteiger partial charge in [-0.15, -0.1) is 11.3 Å². The minimum absolute atomic E-state index is 0.196. The molecule has 0 aliphatic carbocycles. The number of carbonyl (C=O) groups is 2. The monoisotopic (exact) mass is 373 g/mol. The maximum Gasteiger partial charge on any atom is 0.407 e. The van der Waals surface area contributed by atoms with Crippen molar-refractivity contribution in [2.24, 2.45) is 5.92 Å². The molecule has 6 nitrogen and oxygen atoms in total. The lowest BCUT2D eigenvalue weighted by Crippen LogP contribution is -2.48. The van der Waals surface area contributed by atoms with E-state index in [1.54, 1.807) is 18.3 Å². The van der Waals surface area contributed by atoms with Gasteiger partial charge in [-0.05, 0) is 35.2 Å². The molecule has 1 aromatic heterocycles. The van der Waals surface area contributed by atoms with Gasteiger partial charge < -0.3 is 10.1 Å². The van der Waals surface area contributed by atoms with Crippen LogP contribution in [0, 0.1) is 17.4 Å². The molecule has 7 heteroatoms. The second kappa shape index (κ2) is 9.20. The molecular formula is C19H23N3O3S. The van der Waals surface area contributed by atoms with Gasteiger partial charge in [-0.25, -0.2) is 9.69 Å². The van der Waals surface area contributed by atoms with E-state index in [4.69, 9.17) is 10.00 Å². The summed E-state index contributed by atoms with van der Waals surface area (Å²) < 4.78 is 6.25. The Morgan fingerprint density at radius 3 is 2.73 bits per heavy atom. The average Bonchev–Trinajstić information content (AvgIpc) is 3.03. The summed E-state index contributed by atoms with van der Waals surface area (Å²) in [4.78, 5) is 25.8. The van der Waals surface area contributed by atoms with E-state index in [-0.39, 0.29) is 19.1 Å². The topological polar surface area (TPSA) is 82.4 Å². The number of nitriles is 1. The number of benzene rings is 1. The number of thiophene rings is 1. The van der Waals surface area contributed by atoms with Crippen LogP contribution in [0.1, 0.15) is 26.3 Å². The number of hydrogen-bond acceptors (Lipinski definition) is 5. The number of rotatable bonds is 7. The number of fused-ring (bicyclic) bond motifs is 1. The van der Waals surface area contributed by atoms with Crippen molar-refractivity contribution in [2.45, 2.75) is 33.2 Å². The van der Waals surface area contributed by atoms with E-state index < -0.39 is 18.0 Å². The predicted molar refractivity (Wildman–Crippen MR) is 102 cm³/mol. The molecule has 0 bridgehead atoms. The number of carbonyl (C=O) groups excluding carboxylic acids is 2. The summed E-state index contributed by atoms with van der Waals surface area (Å²) in [5, 5.41) is 14.8. The van der Waals surface area contributed by atoms with Crippen molar-refractivity contribution in [2.75, 3.05) is 13.2 Å². The van der Waals surface area contributed by atoms with Gasteiger partial charge in [0.2, 0.25) is 0 Å². The molecule has 1 N–H and O–H groups in total. The van der Waals surface area contributed by atoms with E-state index in [0.29, 0.717) is 6.42 Å². The molecule has 1 heterocycles. The van der Waals surface area contributed by atoms with Crippen molar-refractivity contribution < 1.29 is 14.3 Å². The van der Waals surface area contributed by atoms with E-state index in [1.807, 2.05) is 49.7 Å². The van der Waals surface area contributed by atoms with Gasteiger partial charge in [-0.3, -0.25) is 4.79 Å². The lowest BCUT2D eigenvalue weighted by Gasteiger charge is -2.21. The fourth-order valence-electron chi connectivity index (χ4n) is 2.50. The lowest BCUT2D eigenvalue weighted by atomic mass is 10.0. The van der Waals surface area contributed by atoms with Crippen molar-refractivity contribution in [1.29, 1.82) is 5.26 Å². The van der Waals surface area contributed by atoms with Gasteiger partial charge in [0.15, 0.2) is 6.19 Å². The van der Waals surface area contributed by atoms with Crippen LogP contribution < -0.4 is 5.32 Å². The largest absolute Gasteiger partial charge is 0.449 e. The van der Waals surface area contributed by atoms with Crippen LogP contribution in [0.25, 0.3) is 10.1 Å². The second-order valence-corrected chi connectivity index (χ2v) is 7.24. The molecule has 26 heavy (non-hydrogen) atoms. The lowest BCUT2D eigenvalue weighted by molar-refractivity contribution is -0.130. The molecule has 1 atom stereocenters. The van der Waals surface area contributed by atoms with Crippen LogP contribution >= 0.6 is 11.3 Å². The quantitative estimate of drug-likeness (QED) is 0.594. The molecule has 0 spiro atoms. The Morgan fingerprint density at radius 2 is 2.08 bits per heavy atom. The number of alkyl carbamates (subject to hydrolysis) is 1. The third-order valence-corrected chi connectivity index (χ3v) is 4.84. The summed E-state index contributed by atoms with van der Waals surface area (Å²) in [6, 6.07) is 7.04. The van der Waals surface area contributed by atoms with Crippen LogP contribution in [0.5, 0.6) is 0 Å². The van der Waals surface area contributed by atoms with Gasteiger partial charge in [0.1, 0.15) is 6.04 Å². The summed E-state index contributed by atoms with van der Waals surface area (Å²) in [7, 11) is 0. The Bertz CT molecular complexity index is 810. The number of nitrogens with one attached hydrogen (secondary N) is 1. The van der Waals surface area contributed by atoms with Crippen LogP contribution in [-0.2, 0) is 16.0 Å². The predicted octanol–water partition coefficient (Wildman–Crippen LogP) is 3.52. The zero-order valence-electron chi connectivity index (χ0n) is 15.2. The number of amides is 2. The maximum absolute atomic E-state index is 12.7. The third kappa shape index (κ3) is 4.96. The standard InChI is InChI=1S/C19H23N3O3S/c1-4-22(12-20)18(23)16(21-19(24)25-10-13(2)3)9-14-11-26-17-8-6-5-7-15(14)17/h5-8,11,13,16H,4,9-10H2,1-3H3,(H,21,24). The number of likely N-dealkylation sites (N-methyl/N-ethyl adjacent to an activating group) is 1. The first-order valence-electron chi connectivity index (χ1n) is 8.55. The molecule has 0 saturated heterocycles. The van der Waals surface area contributed by atoms with Crippen molar-refractivity contribution in [1.82, 2.24) is 10.2 Å². The molecule has 0 saturated carbocycles. The summed E-state index contributed by atoms with van der Waals surface area (Å²) in [5.74, 6) is -0.242. The van der Waals surface area contributed by atoms with Gasteiger partial charge in [0.25, 0.3) is 5.91 Å². The maximum atomic E-state index is 12.7. The summed E-state index contributed by atoms with van der Waals surface area (Å²) in [6.07, 6.45) is 1.52. The SMILES string of the molecule is CCN(C#N)C(=O)C(Cc1csc2ccccc12)NC(=O)OCC(C)C. The van der Waals surface area contributed by atoms with E-state index in [0.717, 1.165) is 20.5 Å². The summed E-state index contributed by atoms with van der Waals surface area (Å²) >= 11 is 1.59. The first kappa shape index (κ1) is 19.7. The van der Waals surface area contributed by atoms with E-state index in [1.165, 1.54) is 0 Å². The number of hydrogen-bond donors (Lipinski definition) is 1. The Hall–Kier alpha value is -2.59. The molecule has 1 unspecified atom stereocenters. The molecule has 138 valence electrons. The number of nitrogens with zero attached hydrogens (tertiary/aromatic N) is 2. The highest BCUT2D eigenvalue weighted by Gasteiger charge is 2.27. The second-order valence-electron chi connectivity index (χ2n) is 6.33. The van der Waals surface area contributed by atoms with Crippen molar-refractivity contribution in [3.63, 3.8) is 0 Å². The molecule has 0 radical (unpaired) electrons. The fraction of sp³-hybridized carbons (Fsp3) is 0.421. The molecule has 0 fully saturated rings. The minimum atomic E-state index is -0.854. The first-order valence-corrected chi connectivity index (χ1v) is 9.43. The van der Waals surface area contributed by atoms with Crippen LogP contribution in [0.15, 0.2) is 29.6 Å². The zero-order valence-corrected chi connectivity index (χ0v) is 16.0. The minimum Gasteiger partial charge on any atom is -0.449 e. The van der Waals surface area contributed by atoms with Crippen molar-refractivity contribution in [3.8, 4) is 6.19 Å². The Balaban J connectivity index is 2.21. The van der Waals surface area contributed by atoms with Crippen LogP contribution in [0.2, 0.25) is 0 Å².